The molecule has 2 aromatic rings. The highest BCUT2D eigenvalue weighted by Crippen LogP contribution is 2.17. The number of fused-ring (bicyclic) bond motifs is 1. The zero-order valence-corrected chi connectivity index (χ0v) is 7.36. The van der Waals surface area contributed by atoms with Crippen molar-refractivity contribution in [3.63, 3.8) is 0 Å². The molecular weight excluding hydrogens is 192 g/mol. The van der Waals surface area contributed by atoms with Gasteiger partial charge in [0, 0.05) is 0 Å². The van der Waals surface area contributed by atoms with E-state index in [0.717, 1.165) is 0 Å². The second kappa shape index (κ2) is 2.82. The van der Waals surface area contributed by atoms with E-state index in [1.165, 1.54) is 0 Å². The lowest BCUT2D eigenvalue weighted by atomic mass is 10.5. The summed E-state index contributed by atoms with van der Waals surface area (Å²) in [5.74, 6) is 0.266. The molecule has 0 amide bonds. The molecule has 0 radical (unpaired) electrons. The largest absolute Gasteiger partial charge is 0.382 e. The van der Waals surface area contributed by atoms with Crippen molar-refractivity contribution in [3.8, 4) is 0 Å². The zero-order valence-electron chi connectivity index (χ0n) is 6.61. The Labute approximate surface area is 78.5 Å². The SMILES string of the molecule is NCn1cnc2c(N)nc(Cl)nc21. The maximum Gasteiger partial charge on any atom is 0.226 e. The highest BCUT2D eigenvalue weighted by Gasteiger charge is 2.08. The third kappa shape index (κ3) is 1.20. The predicted octanol–water partition coefficient (Wildman–Crippen LogP) is -0.0219. The molecule has 0 fully saturated rings. The minimum Gasteiger partial charge on any atom is -0.382 e. The van der Waals surface area contributed by atoms with Crippen LogP contribution in [0.3, 0.4) is 0 Å². The van der Waals surface area contributed by atoms with Crippen molar-refractivity contribution in [2.24, 2.45) is 5.73 Å². The van der Waals surface area contributed by atoms with Crippen LogP contribution in [-0.4, -0.2) is 19.5 Å². The van der Waals surface area contributed by atoms with E-state index in [1.807, 2.05) is 0 Å². The minimum absolute atomic E-state index is 0.0974. The van der Waals surface area contributed by atoms with Gasteiger partial charge in [0.2, 0.25) is 5.28 Å². The monoisotopic (exact) mass is 198 g/mol. The van der Waals surface area contributed by atoms with Crippen LogP contribution in [0.4, 0.5) is 5.82 Å². The Morgan fingerprint density at radius 2 is 2.23 bits per heavy atom. The molecule has 0 saturated heterocycles. The van der Waals surface area contributed by atoms with E-state index in [9.17, 15) is 0 Å². The second-order valence-electron chi connectivity index (χ2n) is 2.45. The maximum absolute atomic E-state index is 5.63. The Balaban J connectivity index is 2.82. The van der Waals surface area contributed by atoms with Crippen LogP contribution in [0.15, 0.2) is 6.33 Å². The van der Waals surface area contributed by atoms with Gasteiger partial charge in [-0.25, -0.2) is 4.98 Å². The van der Waals surface area contributed by atoms with Crippen LogP contribution in [0.25, 0.3) is 11.2 Å². The van der Waals surface area contributed by atoms with Crippen LogP contribution >= 0.6 is 11.6 Å². The number of anilines is 1. The average Bonchev–Trinajstić information content (AvgIpc) is 2.47. The molecule has 0 aliphatic rings. The number of nitrogens with zero attached hydrogens (tertiary/aromatic N) is 4. The number of rotatable bonds is 1. The fourth-order valence-corrected chi connectivity index (χ4v) is 1.24. The summed E-state index contributed by atoms with van der Waals surface area (Å²) in [6, 6.07) is 0. The lowest BCUT2D eigenvalue weighted by Gasteiger charge is -1.98. The van der Waals surface area contributed by atoms with Crippen molar-refractivity contribution < 1.29 is 0 Å². The van der Waals surface area contributed by atoms with Crippen molar-refractivity contribution in [1.29, 1.82) is 0 Å². The minimum atomic E-state index is 0.0974. The summed E-state index contributed by atoms with van der Waals surface area (Å²) >= 11 is 5.63. The van der Waals surface area contributed by atoms with E-state index in [2.05, 4.69) is 15.0 Å². The first-order valence-corrected chi connectivity index (χ1v) is 3.94. The van der Waals surface area contributed by atoms with Gasteiger partial charge >= 0.3 is 0 Å². The molecule has 2 heterocycles. The number of imidazole rings is 1. The first-order valence-electron chi connectivity index (χ1n) is 3.56. The number of aromatic nitrogens is 4. The van der Waals surface area contributed by atoms with E-state index >= 15 is 0 Å². The smallest absolute Gasteiger partial charge is 0.226 e. The number of hydrogen-bond acceptors (Lipinski definition) is 5. The van der Waals surface area contributed by atoms with Crippen LogP contribution in [0.1, 0.15) is 0 Å². The van der Waals surface area contributed by atoms with Gasteiger partial charge in [0.15, 0.2) is 11.5 Å². The third-order valence-electron chi connectivity index (χ3n) is 1.66. The van der Waals surface area contributed by atoms with Gasteiger partial charge < -0.3 is 16.0 Å². The normalized spacial score (nSPS) is 10.9. The summed E-state index contributed by atoms with van der Waals surface area (Å²) in [5.41, 5.74) is 12.1. The van der Waals surface area contributed by atoms with Gasteiger partial charge in [-0.15, -0.1) is 0 Å². The van der Waals surface area contributed by atoms with Gasteiger partial charge in [-0.05, 0) is 11.6 Å². The van der Waals surface area contributed by atoms with Crippen molar-refractivity contribution >= 4 is 28.6 Å². The summed E-state index contributed by atoms with van der Waals surface area (Å²) in [5, 5.41) is 0.0974. The lowest BCUT2D eigenvalue weighted by molar-refractivity contribution is 0.746. The summed E-state index contributed by atoms with van der Waals surface area (Å²) in [4.78, 5) is 11.7. The van der Waals surface area contributed by atoms with Gasteiger partial charge in [-0.1, -0.05) is 0 Å². The van der Waals surface area contributed by atoms with Crippen molar-refractivity contribution in [1.82, 2.24) is 19.5 Å². The number of nitrogen functional groups attached to an aromatic ring is 1. The van der Waals surface area contributed by atoms with Gasteiger partial charge in [-0.3, -0.25) is 0 Å². The lowest BCUT2D eigenvalue weighted by Crippen LogP contribution is -2.06. The van der Waals surface area contributed by atoms with E-state index in [4.69, 9.17) is 23.1 Å². The number of halogens is 1. The van der Waals surface area contributed by atoms with E-state index in [1.54, 1.807) is 10.9 Å². The quantitative estimate of drug-likeness (QED) is 0.628. The van der Waals surface area contributed by atoms with E-state index in [0.29, 0.717) is 11.2 Å². The fourth-order valence-electron chi connectivity index (χ4n) is 1.07. The highest BCUT2D eigenvalue weighted by atomic mass is 35.5. The predicted molar refractivity (Wildman–Crippen MR) is 48.9 cm³/mol. The molecule has 0 saturated carbocycles. The number of nitrogens with two attached hydrogens (primary N) is 2. The van der Waals surface area contributed by atoms with Crippen molar-refractivity contribution in [2.45, 2.75) is 6.67 Å². The molecule has 68 valence electrons. The summed E-state index contributed by atoms with van der Waals surface area (Å²) in [6.45, 7) is 0.281. The molecule has 4 N–H and O–H groups in total. The van der Waals surface area contributed by atoms with Gasteiger partial charge in [0.25, 0.3) is 0 Å². The zero-order chi connectivity index (χ0) is 9.42. The van der Waals surface area contributed by atoms with Crippen molar-refractivity contribution in [2.75, 3.05) is 5.73 Å². The Hall–Kier alpha value is -1.40. The molecule has 0 aromatic carbocycles. The Morgan fingerprint density at radius 3 is 2.92 bits per heavy atom. The van der Waals surface area contributed by atoms with Crippen LogP contribution in [0.2, 0.25) is 5.28 Å². The average molecular weight is 199 g/mol. The Bertz CT molecular complexity index is 450. The fraction of sp³-hybridized carbons (Fsp3) is 0.167. The van der Waals surface area contributed by atoms with Gasteiger partial charge in [0.1, 0.15) is 5.52 Å². The molecule has 0 aliphatic heterocycles. The Kier molecular flexibility index (Phi) is 1.78. The standard InChI is InChI=1S/C6H7ClN6/c7-6-11-4(9)3-5(12-6)13(1-8)2-10-3/h2H,1,8H2,(H2,9,11,12). The molecule has 6 nitrogen and oxygen atoms in total. The van der Waals surface area contributed by atoms with Crippen LogP contribution in [-0.2, 0) is 6.67 Å². The Morgan fingerprint density at radius 1 is 1.46 bits per heavy atom. The molecule has 2 rings (SSSR count). The summed E-state index contributed by atoms with van der Waals surface area (Å²) in [7, 11) is 0. The van der Waals surface area contributed by atoms with Crippen LogP contribution in [0, 0.1) is 0 Å². The molecule has 0 spiro atoms. The van der Waals surface area contributed by atoms with E-state index in [-0.39, 0.29) is 17.8 Å². The molecule has 7 heteroatoms. The molecule has 0 aliphatic carbocycles. The molecule has 0 atom stereocenters. The molecule has 2 aromatic heterocycles. The summed E-state index contributed by atoms with van der Waals surface area (Å²) in [6.07, 6.45) is 1.55. The van der Waals surface area contributed by atoms with Crippen molar-refractivity contribution in [3.05, 3.63) is 11.6 Å². The first-order chi connectivity index (χ1) is 6.22. The maximum atomic E-state index is 5.63. The van der Waals surface area contributed by atoms with E-state index < -0.39 is 0 Å². The topological polar surface area (TPSA) is 95.6 Å². The molecule has 13 heavy (non-hydrogen) atoms. The highest BCUT2D eigenvalue weighted by molar-refractivity contribution is 6.28. The second-order valence-corrected chi connectivity index (χ2v) is 2.79. The third-order valence-corrected chi connectivity index (χ3v) is 1.83. The molecule has 0 bridgehead atoms. The van der Waals surface area contributed by atoms with Crippen LogP contribution in [0.5, 0.6) is 0 Å². The molecule has 0 unspecified atom stereocenters. The van der Waals surface area contributed by atoms with Crippen LogP contribution < -0.4 is 11.5 Å². The van der Waals surface area contributed by atoms with Gasteiger partial charge in [-0.2, -0.15) is 9.97 Å². The first kappa shape index (κ1) is 8.21. The summed E-state index contributed by atoms with van der Waals surface area (Å²) < 4.78 is 1.64. The van der Waals surface area contributed by atoms with Gasteiger partial charge in [0.05, 0.1) is 13.0 Å². The molecular formula is C6H7ClN6. The number of hydrogen-bond donors (Lipinski definition) is 2.